The molecule has 6 fully saturated rings. The number of aliphatic hydroxyl groups is 9. The van der Waals surface area contributed by atoms with Gasteiger partial charge in [-0.15, -0.1) is 0 Å². The average molecular weight is 799 g/mol. The third-order valence-corrected chi connectivity index (χ3v) is 16.9. The molecule has 0 amide bonds. The first kappa shape index (κ1) is 44.8. The van der Waals surface area contributed by atoms with Crippen LogP contribution in [0.5, 0.6) is 0 Å². The second kappa shape index (κ2) is 15.9. The Bertz CT molecular complexity index is 1400. The van der Waals surface area contributed by atoms with Gasteiger partial charge in [0.05, 0.1) is 31.0 Å². The van der Waals surface area contributed by atoms with Gasteiger partial charge >= 0.3 is 0 Å². The molecule has 0 aromatic rings. The van der Waals surface area contributed by atoms with Crippen LogP contribution in [0.2, 0.25) is 0 Å². The van der Waals surface area contributed by atoms with Crippen LogP contribution in [0.25, 0.3) is 0 Å². The van der Waals surface area contributed by atoms with Crippen LogP contribution in [-0.2, 0) is 18.9 Å². The van der Waals surface area contributed by atoms with Crippen molar-refractivity contribution in [3.63, 3.8) is 0 Å². The highest BCUT2D eigenvalue weighted by atomic mass is 16.7. The van der Waals surface area contributed by atoms with Gasteiger partial charge in [0.1, 0.15) is 48.8 Å². The van der Waals surface area contributed by atoms with E-state index in [0.29, 0.717) is 25.7 Å². The van der Waals surface area contributed by atoms with E-state index in [0.717, 1.165) is 25.7 Å². The third kappa shape index (κ3) is 7.08. The summed E-state index contributed by atoms with van der Waals surface area (Å²) < 4.78 is 25.1. The molecule has 56 heavy (non-hydrogen) atoms. The number of hydrogen-bond acceptors (Lipinski definition) is 13. The number of ether oxygens (including phenoxy) is 4. The van der Waals surface area contributed by atoms with Gasteiger partial charge in [-0.2, -0.15) is 0 Å². The maximum atomic E-state index is 12.6. The summed E-state index contributed by atoms with van der Waals surface area (Å²) in [4.78, 5) is 0. The van der Waals surface area contributed by atoms with Crippen LogP contribution >= 0.6 is 0 Å². The van der Waals surface area contributed by atoms with Gasteiger partial charge in [-0.25, -0.2) is 0 Å². The number of aliphatic hydroxyl groups excluding tert-OH is 9. The van der Waals surface area contributed by atoms with Gasteiger partial charge < -0.3 is 64.9 Å². The zero-order valence-corrected chi connectivity index (χ0v) is 35.1. The fourth-order valence-electron chi connectivity index (χ4n) is 14.3. The van der Waals surface area contributed by atoms with E-state index in [1.165, 1.54) is 5.57 Å². The summed E-state index contributed by atoms with van der Waals surface area (Å²) in [6.07, 6.45) is -6.45. The molecule has 324 valence electrons. The van der Waals surface area contributed by atoms with E-state index in [4.69, 9.17) is 18.9 Å². The van der Waals surface area contributed by atoms with Gasteiger partial charge in [0.25, 0.3) is 0 Å². The lowest BCUT2D eigenvalue weighted by Crippen LogP contribution is -2.69. The van der Waals surface area contributed by atoms with Crippen LogP contribution in [0.15, 0.2) is 11.6 Å². The molecular formula is C43H74O13. The minimum Gasteiger partial charge on any atom is -0.394 e. The molecule has 0 spiro atoms. The zero-order chi connectivity index (χ0) is 41.5. The molecule has 13 heteroatoms. The first-order valence-corrected chi connectivity index (χ1v) is 21.3. The summed E-state index contributed by atoms with van der Waals surface area (Å²) in [5.74, 6) is 0.389. The topological polar surface area (TPSA) is 219 Å². The molecule has 9 N–H and O–H groups in total. The summed E-state index contributed by atoms with van der Waals surface area (Å²) in [6.45, 7) is 19.0. The quantitative estimate of drug-likeness (QED) is 0.115. The molecule has 0 unspecified atom stereocenters. The second-order valence-electron chi connectivity index (χ2n) is 20.7. The van der Waals surface area contributed by atoms with Gasteiger partial charge in [0.2, 0.25) is 0 Å². The molecule has 6 rings (SSSR count). The maximum absolute atomic E-state index is 12.6. The van der Waals surface area contributed by atoms with Crippen molar-refractivity contribution in [3.05, 3.63) is 11.6 Å². The highest BCUT2D eigenvalue weighted by molar-refractivity contribution is 5.21. The van der Waals surface area contributed by atoms with E-state index in [1.807, 2.05) is 20.8 Å². The zero-order valence-electron chi connectivity index (χ0n) is 35.1. The smallest absolute Gasteiger partial charge is 0.187 e. The van der Waals surface area contributed by atoms with E-state index in [1.54, 1.807) is 0 Å². The Labute approximate surface area is 333 Å². The van der Waals surface area contributed by atoms with E-state index in [2.05, 4.69) is 47.6 Å². The van der Waals surface area contributed by atoms with Crippen molar-refractivity contribution >= 4 is 0 Å². The van der Waals surface area contributed by atoms with Crippen LogP contribution in [0.3, 0.4) is 0 Å². The largest absolute Gasteiger partial charge is 0.394 e. The molecule has 4 saturated carbocycles. The fraction of sp³-hybridized carbons (Fsp3) is 0.953. The monoisotopic (exact) mass is 799 g/mol. The second-order valence-corrected chi connectivity index (χ2v) is 20.7. The van der Waals surface area contributed by atoms with Crippen molar-refractivity contribution in [3.8, 4) is 0 Å². The lowest BCUT2D eigenvalue weighted by atomic mass is 9.33. The standard InChI is InChI=1S/C43H74O13/c1-21(2)11-10-14-43(9,56-38-35(52)33(50)31(48)26(20-45)54-38)23-12-16-41(7)29(23)24(46)17-27-40(6)15-13-28(39(4,5)36(40)22(3)18-42(27,41)8)55-37-34(51)32(49)30(47)25(19-44)53-37/h11,22-38,44-52H,10,12-20H2,1-9H3/t22-,23-,24+,25+,26+,27+,28-,29-,30+,31+,32-,33-,34+,35+,36-,37-,38-,40+,41+,42+,43-/m0/s1. The maximum Gasteiger partial charge on any atom is 0.187 e. The molecule has 13 nitrogen and oxygen atoms in total. The molecule has 0 radical (unpaired) electrons. The lowest BCUT2D eigenvalue weighted by Gasteiger charge is -2.72. The van der Waals surface area contributed by atoms with E-state index in [9.17, 15) is 46.0 Å². The van der Waals surface area contributed by atoms with Gasteiger partial charge in [0.15, 0.2) is 12.6 Å². The van der Waals surface area contributed by atoms with E-state index < -0.39 is 91.7 Å². The third-order valence-electron chi connectivity index (χ3n) is 16.9. The van der Waals surface area contributed by atoms with Crippen LogP contribution < -0.4 is 0 Å². The van der Waals surface area contributed by atoms with Gasteiger partial charge in [-0.1, -0.05) is 53.2 Å². The fourth-order valence-corrected chi connectivity index (χ4v) is 14.3. The Hall–Kier alpha value is -0.780. The van der Waals surface area contributed by atoms with Crippen LogP contribution in [0, 0.1) is 51.2 Å². The molecule has 6 aliphatic rings. The first-order valence-electron chi connectivity index (χ1n) is 21.3. The van der Waals surface area contributed by atoms with Crippen molar-refractivity contribution in [1.82, 2.24) is 0 Å². The predicted octanol–water partition coefficient (Wildman–Crippen LogP) is 2.40. The van der Waals surface area contributed by atoms with Crippen molar-refractivity contribution < 1.29 is 64.9 Å². The molecule has 2 saturated heterocycles. The Morgan fingerprint density at radius 1 is 0.768 bits per heavy atom. The van der Waals surface area contributed by atoms with Crippen molar-refractivity contribution in [1.29, 1.82) is 0 Å². The summed E-state index contributed by atoms with van der Waals surface area (Å²) in [5, 5.41) is 96.3. The number of fused-ring (bicyclic) bond motifs is 5. The number of hydrogen-bond donors (Lipinski definition) is 9. The van der Waals surface area contributed by atoms with Gasteiger partial charge in [-0.05, 0) is 123 Å². The van der Waals surface area contributed by atoms with Gasteiger partial charge in [0, 0.05) is 0 Å². The Morgan fingerprint density at radius 3 is 1.91 bits per heavy atom. The minimum absolute atomic E-state index is 0.113. The Kier molecular flexibility index (Phi) is 12.7. The SMILES string of the molecule is CC(C)=CCC[C@](C)(O[C@@H]1O[C@H](CO)[C@@H](O)[C@H](O)[C@H]1O)[C@H]1CC[C@]2(C)[C@@H]1[C@H](O)C[C@@H]1[C@@]3(C)CC[C@H](O[C@@H]4O[C@H](CO)[C@@H](O)[C@H](O)[C@H]4O)C(C)(C)[C@@H]3[C@@H](C)C[C@]12C. The normalized spacial score (nSPS) is 52.6. The van der Waals surface area contributed by atoms with Gasteiger partial charge in [-0.3, -0.25) is 0 Å². The summed E-state index contributed by atoms with van der Waals surface area (Å²) in [7, 11) is 0. The molecule has 2 aliphatic heterocycles. The van der Waals surface area contributed by atoms with Crippen molar-refractivity contribution in [2.24, 2.45) is 51.2 Å². The van der Waals surface area contributed by atoms with Crippen LogP contribution in [0.4, 0.5) is 0 Å². The molecule has 4 aliphatic carbocycles. The number of rotatable bonds is 10. The van der Waals surface area contributed by atoms with E-state index in [-0.39, 0.29) is 51.9 Å². The summed E-state index contributed by atoms with van der Waals surface area (Å²) in [5.41, 5.74) is -0.706. The molecule has 0 aromatic carbocycles. The van der Waals surface area contributed by atoms with Crippen LogP contribution in [0.1, 0.15) is 114 Å². The highest BCUT2D eigenvalue weighted by Crippen LogP contribution is 2.77. The lowest BCUT2D eigenvalue weighted by molar-refractivity contribution is -0.339. The molecular weight excluding hydrogens is 724 g/mol. The molecule has 0 aromatic heterocycles. The summed E-state index contributed by atoms with van der Waals surface area (Å²) in [6, 6.07) is 0. The molecule has 21 atom stereocenters. The van der Waals surface area contributed by atoms with Crippen molar-refractivity contribution in [2.75, 3.05) is 13.2 Å². The molecule has 2 heterocycles. The molecule has 0 bridgehead atoms. The highest BCUT2D eigenvalue weighted by Gasteiger charge is 2.73. The minimum atomic E-state index is -1.55. The van der Waals surface area contributed by atoms with E-state index >= 15 is 0 Å². The average Bonchev–Trinajstić information content (AvgIpc) is 3.51. The Morgan fingerprint density at radius 2 is 1.34 bits per heavy atom. The van der Waals surface area contributed by atoms with Crippen LogP contribution in [-0.4, -0.2) is 138 Å². The Balaban J connectivity index is 1.29. The summed E-state index contributed by atoms with van der Waals surface area (Å²) >= 11 is 0. The number of allylic oxidation sites excluding steroid dienone is 2. The van der Waals surface area contributed by atoms with Crippen molar-refractivity contribution in [2.45, 2.75) is 193 Å². The predicted molar refractivity (Wildman–Crippen MR) is 205 cm³/mol. The first-order chi connectivity index (χ1) is 26.0.